The van der Waals surface area contributed by atoms with Crippen molar-refractivity contribution in [1.82, 2.24) is 0 Å². The predicted molar refractivity (Wildman–Crippen MR) is 126 cm³/mol. The second-order valence-corrected chi connectivity index (χ2v) is 10.4. The molecule has 0 radical (unpaired) electrons. The minimum Gasteiger partial charge on any atom is -0.356 e. The smallest absolute Gasteiger partial charge is 0.0384 e. The molecule has 0 saturated heterocycles. The standard InChI is InChI=1S/C29H31N/c1-29(18-20-15-23-17-24(19-29)28(23)16-20)25-9-13-27(14-10-25)30-26-11-7-22(8-12-26)21-5-3-2-4-6-21/h2-14,20,23-24,28,30H,15-19H2,1H3. The maximum atomic E-state index is 3.58. The fraction of sp³-hybridized carbons (Fsp3) is 0.379. The summed E-state index contributed by atoms with van der Waals surface area (Å²) in [5.41, 5.74) is 6.74. The molecule has 1 heteroatoms. The Morgan fingerprint density at radius 1 is 0.667 bits per heavy atom. The lowest BCUT2D eigenvalue weighted by atomic mass is 9.59. The van der Waals surface area contributed by atoms with Crippen molar-refractivity contribution >= 4 is 11.4 Å². The van der Waals surface area contributed by atoms with Gasteiger partial charge in [0.05, 0.1) is 0 Å². The van der Waals surface area contributed by atoms with E-state index in [1.54, 1.807) is 5.56 Å². The van der Waals surface area contributed by atoms with Crippen LogP contribution in [0.5, 0.6) is 0 Å². The van der Waals surface area contributed by atoms with E-state index in [-0.39, 0.29) is 0 Å². The van der Waals surface area contributed by atoms with Crippen molar-refractivity contribution in [2.45, 2.75) is 44.4 Å². The van der Waals surface area contributed by atoms with Gasteiger partial charge in [0.15, 0.2) is 0 Å². The SMILES string of the molecule is CC1(c2ccc(Nc3ccc(-c4ccccc4)cc3)cc2)CC2CC3CC(C1)C3C2. The molecular formula is C29H31N. The summed E-state index contributed by atoms with van der Waals surface area (Å²) in [5.74, 6) is 4.12. The van der Waals surface area contributed by atoms with Crippen molar-refractivity contribution in [1.29, 1.82) is 0 Å². The molecule has 2 bridgehead atoms. The van der Waals surface area contributed by atoms with Gasteiger partial charge in [0.1, 0.15) is 0 Å². The Morgan fingerprint density at radius 2 is 1.33 bits per heavy atom. The fourth-order valence-electron chi connectivity index (χ4n) is 6.93. The lowest BCUT2D eigenvalue weighted by Gasteiger charge is -2.46. The van der Waals surface area contributed by atoms with Crippen LogP contribution in [-0.4, -0.2) is 0 Å². The van der Waals surface area contributed by atoms with Gasteiger partial charge in [0.2, 0.25) is 0 Å². The summed E-state index contributed by atoms with van der Waals surface area (Å²) in [7, 11) is 0. The molecule has 30 heavy (non-hydrogen) atoms. The van der Waals surface area contributed by atoms with Gasteiger partial charge in [-0.05, 0) is 102 Å². The highest BCUT2D eigenvalue weighted by molar-refractivity contribution is 5.68. The van der Waals surface area contributed by atoms with E-state index in [0.29, 0.717) is 5.41 Å². The zero-order chi connectivity index (χ0) is 20.1. The highest BCUT2D eigenvalue weighted by atomic mass is 14.9. The Kier molecular flexibility index (Phi) is 4.26. The zero-order valence-corrected chi connectivity index (χ0v) is 17.9. The first-order chi connectivity index (χ1) is 14.7. The molecule has 6 rings (SSSR count). The summed E-state index contributed by atoms with van der Waals surface area (Å²) in [6.07, 6.45) is 7.33. The van der Waals surface area contributed by atoms with Gasteiger partial charge < -0.3 is 5.32 Å². The van der Waals surface area contributed by atoms with Crippen molar-refractivity contribution < 1.29 is 0 Å². The third kappa shape index (κ3) is 3.16. The molecule has 3 saturated carbocycles. The van der Waals surface area contributed by atoms with Gasteiger partial charge in [0.25, 0.3) is 0 Å². The Labute approximate surface area is 180 Å². The first-order valence-electron chi connectivity index (χ1n) is 11.7. The molecule has 1 nitrogen and oxygen atoms in total. The normalized spacial score (nSPS) is 31.6. The summed E-state index contributed by atoms with van der Waals surface area (Å²) < 4.78 is 0. The number of anilines is 2. The van der Waals surface area contributed by atoms with Crippen molar-refractivity contribution in [2.24, 2.45) is 23.7 Å². The molecule has 3 fully saturated rings. The van der Waals surface area contributed by atoms with E-state index in [2.05, 4.69) is 91.1 Å². The molecule has 0 spiro atoms. The van der Waals surface area contributed by atoms with Crippen LogP contribution in [0, 0.1) is 23.7 Å². The van der Waals surface area contributed by atoms with Gasteiger partial charge in [-0.3, -0.25) is 0 Å². The second kappa shape index (κ2) is 7.01. The Morgan fingerprint density at radius 3 is 2.07 bits per heavy atom. The molecule has 0 amide bonds. The molecule has 3 aromatic carbocycles. The quantitative estimate of drug-likeness (QED) is 0.476. The van der Waals surface area contributed by atoms with E-state index in [1.807, 2.05) is 0 Å². The maximum absolute atomic E-state index is 3.58. The Bertz CT molecular complexity index is 1010. The fourth-order valence-corrected chi connectivity index (χ4v) is 6.93. The van der Waals surface area contributed by atoms with Crippen LogP contribution < -0.4 is 5.32 Å². The molecule has 5 atom stereocenters. The highest BCUT2D eigenvalue weighted by Gasteiger charge is 2.53. The Balaban J connectivity index is 1.17. The van der Waals surface area contributed by atoms with E-state index >= 15 is 0 Å². The molecule has 1 N–H and O–H groups in total. The van der Waals surface area contributed by atoms with Crippen LogP contribution in [0.15, 0.2) is 78.9 Å². The first-order valence-corrected chi connectivity index (χ1v) is 11.7. The van der Waals surface area contributed by atoms with E-state index in [9.17, 15) is 0 Å². The number of hydrogen-bond acceptors (Lipinski definition) is 1. The lowest BCUT2D eigenvalue weighted by Crippen LogP contribution is -2.38. The maximum Gasteiger partial charge on any atom is 0.0384 e. The van der Waals surface area contributed by atoms with Gasteiger partial charge >= 0.3 is 0 Å². The average Bonchev–Trinajstić information content (AvgIpc) is 3.02. The number of fused-ring (bicyclic) bond motifs is 1. The number of hydrogen-bond donors (Lipinski definition) is 1. The summed E-state index contributed by atoms with van der Waals surface area (Å²) in [6, 6.07) is 28.6. The number of benzene rings is 3. The van der Waals surface area contributed by atoms with Crippen molar-refractivity contribution in [3.63, 3.8) is 0 Å². The highest BCUT2D eigenvalue weighted by Crippen LogP contribution is 2.62. The zero-order valence-electron chi connectivity index (χ0n) is 17.9. The van der Waals surface area contributed by atoms with Crippen molar-refractivity contribution in [2.75, 3.05) is 5.32 Å². The van der Waals surface area contributed by atoms with Crippen LogP contribution in [-0.2, 0) is 5.41 Å². The largest absolute Gasteiger partial charge is 0.356 e. The topological polar surface area (TPSA) is 12.0 Å². The number of rotatable bonds is 4. The monoisotopic (exact) mass is 393 g/mol. The van der Waals surface area contributed by atoms with Crippen LogP contribution in [0.2, 0.25) is 0 Å². The molecule has 0 aliphatic heterocycles. The predicted octanol–water partition coefficient (Wildman–Crippen LogP) is 7.81. The number of nitrogens with one attached hydrogen (secondary N) is 1. The third-order valence-corrected chi connectivity index (χ3v) is 8.37. The van der Waals surface area contributed by atoms with E-state index < -0.39 is 0 Å². The minimum absolute atomic E-state index is 0.366. The molecule has 3 aromatic rings. The van der Waals surface area contributed by atoms with Gasteiger partial charge in [-0.1, -0.05) is 61.5 Å². The Hall–Kier alpha value is -2.54. The lowest BCUT2D eigenvalue weighted by molar-refractivity contribution is 0.0700. The average molecular weight is 394 g/mol. The van der Waals surface area contributed by atoms with Gasteiger partial charge in [-0.15, -0.1) is 0 Å². The molecular weight excluding hydrogens is 362 g/mol. The molecule has 5 unspecified atom stereocenters. The van der Waals surface area contributed by atoms with Gasteiger partial charge in [-0.25, -0.2) is 0 Å². The molecule has 152 valence electrons. The third-order valence-electron chi connectivity index (χ3n) is 8.37. The first kappa shape index (κ1) is 18.2. The summed E-state index contributed by atoms with van der Waals surface area (Å²) in [5, 5.41) is 3.58. The van der Waals surface area contributed by atoms with E-state index in [0.717, 1.165) is 29.4 Å². The molecule has 3 aliphatic carbocycles. The van der Waals surface area contributed by atoms with Crippen LogP contribution in [0.1, 0.15) is 44.6 Å². The summed E-state index contributed by atoms with van der Waals surface area (Å²) in [6.45, 7) is 2.53. The van der Waals surface area contributed by atoms with Gasteiger partial charge in [0, 0.05) is 11.4 Å². The van der Waals surface area contributed by atoms with E-state index in [1.165, 1.54) is 48.9 Å². The van der Waals surface area contributed by atoms with Gasteiger partial charge in [-0.2, -0.15) is 0 Å². The van der Waals surface area contributed by atoms with Crippen LogP contribution in [0.25, 0.3) is 11.1 Å². The summed E-state index contributed by atoms with van der Waals surface area (Å²) >= 11 is 0. The van der Waals surface area contributed by atoms with Crippen LogP contribution >= 0.6 is 0 Å². The molecule has 3 aliphatic rings. The van der Waals surface area contributed by atoms with Crippen LogP contribution in [0.3, 0.4) is 0 Å². The summed E-state index contributed by atoms with van der Waals surface area (Å²) in [4.78, 5) is 0. The van der Waals surface area contributed by atoms with Crippen molar-refractivity contribution in [3.8, 4) is 11.1 Å². The van der Waals surface area contributed by atoms with Crippen LogP contribution in [0.4, 0.5) is 11.4 Å². The molecule has 0 aromatic heterocycles. The molecule has 0 heterocycles. The second-order valence-electron chi connectivity index (χ2n) is 10.4. The minimum atomic E-state index is 0.366. The van der Waals surface area contributed by atoms with Crippen molar-refractivity contribution in [3.05, 3.63) is 84.4 Å². The van der Waals surface area contributed by atoms with E-state index in [4.69, 9.17) is 0 Å².